The minimum atomic E-state index is 0.0491. The van der Waals surface area contributed by atoms with Crippen LogP contribution in [0.4, 0.5) is 0 Å². The molecule has 1 heterocycles. The Morgan fingerprint density at radius 2 is 1.76 bits per heavy atom. The van der Waals surface area contributed by atoms with Crippen LogP contribution in [-0.2, 0) is 6.54 Å². The Hall–Kier alpha value is -1.10. The van der Waals surface area contributed by atoms with Gasteiger partial charge in [0.15, 0.2) is 0 Å². The molecule has 0 radical (unpaired) electrons. The molecule has 2 nitrogen and oxygen atoms in total. The van der Waals surface area contributed by atoms with Crippen LogP contribution < -0.4 is 5.56 Å². The molecular weight excluding hydrogens is 325 g/mol. The van der Waals surface area contributed by atoms with Gasteiger partial charge in [-0.3, -0.25) is 4.79 Å². The van der Waals surface area contributed by atoms with E-state index in [1.165, 1.54) is 16.7 Å². The molecule has 0 saturated heterocycles. The predicted molar refractivity (Wildman–Crippen MR) is 78.4 cm³/mol. The second-order valence-corrected chi connectivity index (χ2v) is 5.43. The van der Waals surface area contributed by atoms with E-state index in [-0.39, 0.29) is 5.56 Å². The van der Waals surface area contributed by atoms with Crippen LogP contribution in [0.2, 0.25) is 0 Å². The zero-order chi connectivity index (χ0) is 12.4. The number of hydrogen-bond donors (Lipinski definition) is 0. The maximum atomic E-state index is 11.8. The summed E-state index contributed by atoms with van der Waals surface area (Å²) in [5, 5.41) is 0. The fraction of sp³-hybridized carbons (Fsp3) is 0.214. The van der Waals surface area contributed by atoms with Gasteiger partial charge in [0, 0.05) is 15.8 Å². The summed E-state index contributed by atoms with van der Waals surface area (Å²) >= 11 is 2.22. The number of aromatic nitrogens is 1. The molecule has 0 N–H and O–H groups in total. The molecule has 0 aliphatic carbocycles. The molecule has 1 aromatic carbocycles. The molecule has 0 amide bonds. The lowest BCUT2D eigenvalue weighted by Gasteiger charge is -2.11. The van der Waals surface area contributed by atoms with Crippen LogP contribution >= 0.6 is 22.6 Å². The van der Waals surface area contributed by atoms with Crippen molar-refractivity contribution in [3.63, 3.8) is 0 Å². The zero-order valence-corrected chi connectivity index (χ0v) is 12.1. The van der Waals surface area contributed by atoms with E-state index in [0.717, 1.165) is 3.57 Å². The second-order valence-electron chi connectivity index (χ2n) is 4.18. The van der Waals surface area contributed by atoms with Crippen molar-refractivity contribution in [2.75, 3.05) is 0 Å². The van der Waals surface area contributed by atoms with Gasteiger partial charge in [-0.25, -0.2) is 0 Å². The molecule has 0 atom stereocenters. The molecule has 0 unspecified atom stereocenters. The summed E-state index contributed by atoms with van der Waals surface area (Å²) in [5.74, 6) is 0. The molecule has 1 aromatic heterocycles. The number of aryl methyl sites for hydroxylation is 2. The quantitative estimate of drug-likeness (QED) is 0.771. The minimum Gasteiger partial charge on any atom is -0.310 e. The van der Waals surface area contributed by atoms with Gasteiger partial charge in [0.05, 0.1) is 6.54 Å². The Kier molecular flexibility index (Phi) is 3.66. The zero-order valence-electron chi connectivity index (χ0n) is 9.90. The van der Waals surface area contributed by atoms with E-state index in [1.807, 2.05) is 18.3 Å². The molecule has 0 spiro atoms. The largest absolute Gasteiger partial charge is 0.310 e. The molecule has 2 rings (SSSR count). The SMILES string of the molecule is Cc1cccc(C)c1Cn1cc(I)ccc1=O. The minimum absolute atomic E-state index is 0.0491. The topological polar surface area (TPSA) is 22.0 Å². The van der Waals surface area contributed by atoms with E-state index < -0.39 is 0 Å². The van der Waals surface area contributed by atoms with E-state index in [2.05, 4.69) is 48.6 Å². The first-order chi connectivity index (χ1) is 8.08. The molecule has 0 aliphatic heterocycles. The third-order valence-electron chi connectivity index (χ3n) is 2.92. The Balaban J connectivity index is 2.45. The number of rotatable bonds is 2. The van der Waals surface area contributed by atoms with E-state index >= 15 is 0 Å². The molecule has 0 bridgehead atoms. The van der Waals surface area contributed by atoms with Gasteiger partial charge in [-0.05, 0) is 59.2 Å². The van der Waals surface area contributed by atoms with Crippen LogP contribution in [0.5, 0.6) is 0 Å². The van der Waals surface area contributed by atoms with Crippen LogP contribution in [0.25, 0.3) is 0 Å². The van der Waals surface area contributed by atoms with Crippen molar-refractivity contribution in [3.05, 3.63) is 67.1 Å². The Labute approximate surface area is 114 Å². The highest BCUT2D eigenvalue weighted by molar-refractivity contribution is 14.1. The average molecular weight is 339 g/mol. The normalized spacial score (nSPS) is 10.5. The summed E-state index contributed by atoms with van der Waals surface area (Å²) < 4.78 is 2.84. The fourth-order valence-electron chi connectivity index (χ4n) is 1.89. The summed E-state index contributed by atoms with van der Waals surface area (Å²) in [6.07, 6.45) is 1.90. The summed E-state index contributed by atoms with van der Waals surface area (Å²) in [5.41, 5.74) is 3.75. The monoisotopic (exact) mass is 339 g/mol. The highest BCUT2D eigenvalue weighted by Gasteiger charge is 2.04. The van der Waals surface area contributed by atoms with Crippen molar-refractivity contribution >= 4 is 22.6 Å². The van der Waals surface area contributed by atoms with Crippen molar-refractivity contribution < 1.29 is 0 Å². The molecule has 0 aliphatic rings. The Morgan fingerprint density at radius 3 is 2.41 bits per heavy atom. The average Bonchev–Trinajstić information content (AvgIpc) is 2.28. The second kappa shape index (κ2) is 5.04. The third-order valence-corrected chi connectivity index (χ3v) is 3.56. The highest BCUT2D eigenvalue weighted by Crippen LogP contribution is 2.14. The molecular formula is C14H14INO. The van der Waals surface area contributed by atoms with Gasteiger partial charge in [-0.1, -0.05) is 18.2 Å². The van der Waals surface area contributed by atoms with E-state index in [9.17, 15) is 4.79 Å². The number of nitrogens with zero attached hydrogens (tertiary/aromatic N) is 1. The fourth-order valence-corrected chi connectivity index (χ4v) is 2.41. The molecule has 0 fully saturated rings. The van der Waals surface area contributed by atoms with Gasteiger partial charge in [0.25, 0.3) is 5.56 Å². The molecule has 0 saturated carbocycles. The van der Waals surface area contributed by atoms with Crippen LogP contribution in [0.15, 0.2) is 41.3 Å². The third kappa shape index (κ3) is 2.77. The van der Waals surface area contributed by atoms with Crippen LogP contribution in [0.1, 0.15) is 16.7 Å². The lowest BCUT2D eigenvalue weighted by atomic mass is 10.0. The van der Waals surface area contributed by atoms with Gasteiger partial charge < -0.3 is 4.57 Å². The van der Waals surface area contributed by atoms with Gasteiger partial charge in [0.1, 0.15) is 0 Å². The van der Waals surface area contributed by atoms with E-state index in [1.54, 1.807) is 10.6 Å². The van der Waals surface area contributed by atoms with Crippen LogP contribution in [0.3, 0.4) is 0 Å². The summed E-state index contributed by atoms with van der Waals surface area (Å²) in [6.45, 7) is 4.82. The van der Waals surface area contributed by atoms with Gasteiger partial charge in [-0.15, -0.1) is 0 Å². The van der Waals surface area contributed by atoms with Crippen molar-refractivity contribution in [3.8, 4) is 0 Å². The first-order valence-corrected chi connectivity index (χ1v) is 6.57. The highest BCUT2D eigenvalue weighted by atomic mass is 127. The molecule has 2 aromatic rings. The van der Waals surface area contributed by atoms with Gasteiger partial charge in [-0.2, -0.15) is 0 Å². The van der Waals surface area contributed by atoms with Crippen molar-refractivity contribution in [1.82, 2.24) is 4.57 Å². The van der Waals surface area contributed by atoms with Gasteiger partial charge in [0.2, 0.25) is 0 Å². The van der Waals surface area contributed by atoms with E-state index in [4.69, 9.17) is 0 Å². The first-order valence-electron chi connectivity index (χ1n) is 5.49. The molecule has 17 heavy (non-hydrogen) atoms. The Morgan fingerprint density at radius 1 is 1.12 bits per heavy atom. The number of hydrogen-bond acceptors (Lipinski definition) is 1. The lowest BCUT2D eigenvalue weighted by molar-refractivity contribution is 0.747. The van der Waals surface area contributed by atoms with E-state index in [0.29, 0.717) is 6.54 Å². The number of benzene rings is 1. The van der Waals surface area contributed by atoms with Crippen molar-refractivity contribution in [2.45, 2.75) is 20.4 Å². The molecule has 88 valence electrons. The van der Waals surface area contributed by atoms with Crippen molar-refractivity contribution in [2.24, 2.45) is 0 Å². The standard InChI is InChI=1S/C14H14INO/c1-10-4-3-5-11(2)13(10)9-16-8-12(15)6-7-14(16)17/h3-8H,9H2,1-2H3. The number of halogens is 1. The molecule has 3 heteroatoms. The smallest absolute Gasteiger partial charge is 0.250 e. The lowest BCUT2D eigenvalue weighted by Crippen LogP contribution is -2.20. The van der Waals surface area contributed by atoms with Crippen LogP contribution in [0, 0.1) is 17.4 Å². The maximum Gasteiger partial charge on any atom is 0.250 e. The predicted octanol–water partition coefficient (Wildman–Crippen LogP) is 3.12. The first kappa shape index (κ1) is 12.4. The van der Waals surface area contributed by atoms with Crippen molar-refractivity contribution in [1.29, 1.82) is 0 Å². The Bertz CT molecular complexity index is 581. The summed E-state index contributed by atoms with van der Waals surface area (Å²) in [7, 11) is 0. The van der Waals surface area contributed by atoms with Crippen LogP contribution in [-0.4, -0.2) is 4.57 Å². The number of pyridine rings is 1. The summed E-state index contributed by atoms with van der Waals surface area (Å²) in [4.78, 5) is 11.8. The summed E-state index contributed by atoms with van der Waals surface area (Å²) in [6, 6.07) is 9.67. The van der Waals surface area contributed by atoms with Gasteiger partial charge >= 0.3 is 0 Å². The maximum absolute atomic E-state index is 11.8.